The first-order valence-corrected chi connectivity index (χ1v) is 5.98. The van der Waals surface area contributed by atoms with Gasteiger partial charge >= 0.3 is 0 Å². The first-order valence-electron chi connectivity index (χ1n) is 5.98. The van der Waals surface area contributed by atoms with E-state index in [-0.39, 0.29) is 5.60 Å². The van der Waals surface area contributed by atoms with Crippen LogP contribution in [0.2, 0.25) is 0 Å². The molecule has 0 radical (unpaired) electrons. The van der Waals surface area contributed by atoms with Crippen LogP contribution in [0.25, 0.3) is 0 Å². The second kappa shape index (κ2) is 4.56. The molecule has 2 nitrogen and oxygen atoms in total. The Morgan fingerprint density at radius 1 is 1.19 bits per heavy atom. The number of hydrogen-bond donors (Lipinski definition) is 1. The van der Waals surface area contributed by atoms with Gasteiger partial charge in [0.05, 0.1) is 5.60 Å². The van der Waals surface area contributed by atoms with Gasteiger partial charge in [0, 0.05) is 7.11 Å². The molecule has 1 saturated carbocycles. The summed E-state index contributed by atoms with van der Waals surface area (Å²) in [6.45, 7) is 2.05. The van der Waals surface area contributed by atoms with Crippen molar-refractivity contribution < 1.29 is 9.84 Å². The Hall–Kier alpha value is -0.860. The van der Waals surface area contributed by atoms with E-state index in [4.69, 9.17) is 4.74 Å². The zero-order valence-electron chi connectivity index (χ0n) is 10.1. The van der Waals surface area contributed by atoms with Gasteiger partial charge in [0.2, 0.25) is 0 Å². The number of aliphatic hydroxyl groups is 1. The molecule has 0 heterocycles. The smallest absolute Gasteiger partial charge is 0.108 e. The minimum atomic E-state index is -0.499. The van der Waals surface area contributed by atoms with E-state index in [1.54, 1.807) is 7.11 Å². The van der Waals surface area contributed by atoms with Gasteiger partial charge in [-0.2, -0.15) is 0 Å². The Kier molecular flexibility index (Phi) is 3.31. The van der Waals surface area contributed by atoms with Gasteiger partial charge in [-0.3, -0.25) is 0 Å². The van der Waals surface area contributed by atoms with Crippen molar-refractivity contribution in [2.45, 2.75) is 44.3 Å². The molecule has 1 aliphatic carbocycles. The fraction of sp³-hybridized carbons (Fsp3) is 0.571. The molecule has 1 N–H and O–H groups in total. The van der Waals surface area contributed by atoms with Gasteiger partial charge in [0.1, 0.15) is 6.10 Å². The predicted molar refractivity (Wildman–Crippen MR) is 64.3 cm³/mol. The molecule has 2 heteroatoms. The number of hydrogen-bond acceptors (Lipinski definition) is 2. The van der Waals surface area contributed by atoms with E-state index in [1.165, 1.54) is 5.56 Å². The second-order valence-corrected chi connectivity index (χ2v) is 4.79. The van der Waals surface area contributed by atoms with Crippen LogP contribution in [0.3, 0.4) is 0 Å². The Morgan fingerprint density at radius 3 is 2.25 bits per heavy atom. The van der Waals surface area contributed by atoms with Gasteiger partial charge in [-0.1, -0.05) is 42.7 Å². The van der Waals surface area contributed by atoms with E-state index in [9.17, 15) is 5.11 Å². The molecule has 1 aromatic rings. The summed E-state index contributed by atoms with van der Waals surface area (Å²) in [6, 6.07) is 8.08. The van der Waals surface area contributed by atoms with Crippen molar-refractivity contribution in [1.82, 2.24) is 0 Å². The predicted octanol–water partition coefficient (Wildman–Crippen LogP) is 2.99. The molecule has 1 fully saturated rings. The highest BCUT2D eigenvalue weighted by Gasteiger charge is 2.41. The summed E-state index contributed by atoms with van der Waals surface area (Å²) in [7, 11) is 1.71. The Bertz CT molecular complexity index is 336. The van der Waals surface area contributed by atoms with Crippen molar-refractivity contribution in [3.8, 4) is 0 Å². The molecule has 0 aliphatic heterocycles. The lowest BCUT2D eigenvalue weighted by atomic mass is 9.89. The summed E-state index contributed by atoms with van der Waals surface area (Å²) in [5.74, 6) is 0. The van der Waals surface area contributed by atoms with Gasteiger partial charge < -0.3 is 9.84 Å². The third-order valence-electron chi connectivity index (χ3n) is 3.75. The molecule has 0 aromatic heterocycles. The lowest BCUT2D eigenvalue weighted by Gasteiger charge is -2.33. The van der Waals surface area contributed by atoms with Crippen molar-refractivity contribution in [3.05, 3.63) is 35.4 Å². The van der Waals surface area contributed by atoms with Crippen LogP contribution in [-0.2, 0) is 4.74 Å². The molecule has 2 rings (SSSR count). The van der Waals surface area contributed by atoms with Gasteiger partial charge in [-0.25, -0.2) is 0 Å². The zero-order valence-corrected chi connectivity index (χ0v) is 10.1. The molecule has 0 bridgehead atoms. The maximum absolute atomic E-state index is 10.4. The van der Waals surface area contributed by atoms with Crippen LogP contribution >= 0.6 is 0 Å². The average molecular weight is 220 g/mol. The van der Waals surface area contributed by atoms with Crippen LogP contribution in [0.1, 0.15) is 42.9 Å². The monoisotopic (exact) mass is 220 g/mol. The van der Waals surface area contributed by atoms with Crippen molar-refractivity contribution in [1.29, 1.82) is 0 Å². The normalized spacial score (nSPS) is 20.9. The van der Waals surface area contributed by atoms with E-state index < -0.39 is 6.10 Å². The van der Waals surface area contributed by atoms with Gasteiger partial charge in [-0.05, 0) is 25.3 Å². The zero-order chi connectivity index (χ0) is 11.6. The Morgan fingerprint density at radius 2 is 1.75 bits per heavy atom. The quantitative estimate of drug-likeness (QED) is 0.848. The fourth-order valence-corrected chi connectivity index (χ4v) is 2.62. The summed E-state index contributed by atoms with van der Waals surface area (Å²) in [5.41, 5.74) is 1.83. The standard InChI is InChI=1S/C14H20O2/c1-11-5-7-12(8-6-11)13(15)14(16-2)9-3-4-10-14/h5-8,13,15H,3-4,9-10H2,1-2H3. The molecule has 1 atom stereocenters. The Balaban J connectivity index is 2.23. The topological polar surface area (TPSA) is 29.5 Å². The van der Waals surface area contributed by atoms with E-state index in [0.717, 1.165) is 31.2 Å². The highest BCUT2D eigenvalue weighted by atomic mass is 16.5. The number of aryl methyl sites for hydroxylation is 1. The minimum Gasteiger partial charge on any atom is -0.385 e. The number of benzene rings is 1. The number of ether oxygens (including phenoxy) is 1. The maximum atomic E-state index is 10.4. The van der Waals surface area contributed by atoms with E-state index >= 15 is 0 Å². The van der Waals surface area contributed by atoms with Crippen molar-refractivity contribution in [3.63, 3.8) is 0 Å². The number of rotatable bonds is 3. The van der Waals surface area contributed by atoms with E-state index in [1.807, 2.05) is 24.3 Å². The first-order chi connectivity index (χ1) is 7.68. The molecular formula is C14H20O2. The van der Waals surface area contributed by atoms with Crippen LogP contribution in [-0.4, -0.2) is 17.8 Å². The summed E-state index contributed by atoms with van der Waals surface area (Å²) >= 11 is 0. The van der Waals surface area contributed by atoms with E-state index in [0.29, 0.717) is 0 Å². The van der Waals surface area contributed by atoms with Crippen LogP contribution in [0, 0.1) is 6.92 Å². The largest absolute Gasteiger partial charge is 0.385 e. The van der Waals surface area contributed by atoms with Crippen LogP contribution < -0.4 is 0 Å². The molecule has 88 valence electrons. The maximum Gasteiger partial charge on any atom is 0.108 e. The third kappa shape index (κ3) is 2.00. The Labute approximate surface area is 97.3 Å². The summed E-state index contributed by atoms with van der Waals surface area (Å²) in [6.07, 6.45) is 3.71. The molecule has 1 aliphatic rings. The molecule has 0 spiro atoms. The van der Waals surface area contributed by atoms with Gasteiger partial charge in [-0.15, -0.1) is 0 Å². The van der Waals surface area contributed by atoms with Crippen LogP contribution in [0.5, 0.6) is 0 Å². The lowest BCUT2D eigenvalue weighted by Crippen LogP contribution is -2.35. The fourth-order valence-electron chi connectivity index (χ4n) is 2.62. The van der Waals surface area contributed by atoms with E-state index in [2.05, 4.69) is 6.92 Å². The highest BCUT2D eigenvalue weighted by molar-refractivity contribution is 5.25. The van der Waals surface area contributed by atoms with Crippen molar-refractivity contribution in [2.75, 3.05) is 7.11 Å². The van der Waals surface area contributed by atoms with Crippen molar-refractivity contribution in [2.24, 2.45) is 0 Å². The molecular weight excluding hydrogens is 200 g/mol. The minimum absolute atomic E-state index is 0.352. The average Bonchev–Trinajstić information content (AvgIpc) is 2.79. The summed E-state index contributed by atoms with van der Waals surface area (Å²) < 4.78 is 5.60. The molecule has 1 unspecified atom stereocenters. The summed E-state index contributed by atoms with van der Waals surface area (Å²) in [4.78, 5) is 0. The number of methoxy groups -OCH3 is 1. The molecule has 0 saturated heterocycles. The first kappa shape index (κ1) is 11.6. The summed E-state index contributed by atoms with van der Waals surface area (Å²) in [5, 5.41) is 10.4. The third-order valence-corrected chi connectivity index (χ3v) is 3.75. The van der Waals surface area contributed by atoms with Gasteiger partial charge in [0.15, 0.2) is 0 Å². The SMILES string of the molecule is COC1(C(O)c2ccc(C)cc2)CCCC1. The second-order valence-electron chi connectivity index (χ2n) is 4.79. The van der Waals surface area contributed by atoms with Crippen LogP contribution in [0.4, 0.5) is 0 Å². The molecule has 0 amide bonds. The van der Waals surface area contributed by atoms with Gasteiger partial charge in [0.25, 0.3) is 0 Å². The lowest BCUT2D eigenvalue weighted by molar-refractivity contribution is -0.100. The number of aliphatic hydroxyl groups excluding tert-OH is 1. The highest BCUT2D eigenvalue weighted by Crippen LogP contribution is 2.42. The van der Waals surface area contributed by atoms with Crippen molar-refractivity contribution >= 4 is 0 Å². The molecule has 1 aromatic carbocycles. The molecule has 16 heavy (non-hydrogen) atoms. The van der Waals surface area contributed by atoms with Crippen LogP contribution in [0.15, 0.2) is 24.3 Å².